The molecule has 1 amide bonds. The minimum absolute atomic E-state index is 0.0765. The van der Waals surface area contributed by atoms with Gasteiger partial charge in [-0.05, 0) is 50.6 Å². The number of carbonyl (C=O) groups is 1. The van der Waals surface area contributed by atoms with Gasteiger partial charge in [-0.2, -0.15) is 8.78 Å². The van der Waals surface area contributed by atoms with E-state index >= 15 is 0 Å². The van der Waals surface area contributed by atoms with Crippen LogP contribution < -0.4 is 10.1 Å². The van der Waals surface area contributed by atoms with Gasteiger partial charge in [-0.3, -0.25) is 9.69 Å². The lowest BCUT2D eigenvalue weighted by Gasteiger charge is -2.32. The second-order valence-electron chi connectivity index (χ2n) is 5.27. The zero-order chi connectivity index (χ0) is 15.2. The van der Waals surface area contributed by atoms with E-state index in [0.29, 0.717) is 18.3 Å². The molecule has 1 aliphatic rings. The first-order valence-corrected chi connectivity index (χ1v) is 7.13. The number of likely N-dealkylation sites (tertiary alicyclic amines) is 1. The Morgan fingerprint density at radius 1 is 1.38 bits per heavy atom. The second-order valence-corrected chi connectivity index (χ2v) is 5.27. The number of nitrogens with zero attached hydrogens (tertiary/aromatic N) is 1. The number of nitrogens with one attached hydrogen (secondary N) is 1. The first-order chi connectivity index (χ1) is 10.0. The molecule has 4 nitrogen and oxygen atoms in total. The Bertz CT molecular complexity index is 465. The third-order valence-electron chi connectivity index (χ3n) is 3.65. The molecule has 0 radical (unpaired) electrons. The number of hydrogen-bond acceptors (Lipinski definition) is 3. The van der Waals surface area contributed by atoms with Crippen LogP contribution in [0.15, 0.2) is 24.3 Å². The third kappa shape index (κ3) is 4.97. The topological polar surface area (TPSA) is 41.6 Å². The van der Waals surface area contributed by atoms with Gasteiger partial charge in [-0.25, -0.2) is 0 Å². The molecule has 0 spiro atoms. The number of rotatable bonds is 5. The Labute approximate surface area is 123 Å². The summed E-state index contributed by atoms with van der Waals surface area (Å²) in [5, 5.41) is 2.77. The molecular weight excluding hydrogens is 278 g/mol. The SMILES string of the molecule is C[C@@H]1CCCCN1CC(=O)Nc1ccc(OC(F)F)cc1. The zero-order valence-electron chi connectivity index (χ0n) is 12.0. The lowest BCUT2D eigenvalue weighted by atomic mass is 10.0. The fraction of sp³-hybridized carbons (Fsp3) is 0.533. The number of hydrogen-bond donors (Lipinski definition) is 1. The Morgan fingerprint density at radius 3 is 2.71 bits per heavy atom. The van der Waals surface area contributed by atoms with Gasteiger partial charge in [0.25, 0.3) is 0 Å². The van der Waals surface area contributed by atoms with E-state index in [9.17, 15) is 13.6 Å². The highest BCUT2D eigenvalue weighted by Crippen LogP contribution is 2.19. The first-order valence-electron chi connectivity index (χ1n) is 7.13. The minimum atomic E-state index is -2.84. The number of amides is 1. The number of anilines is 1. The van der Waals surface area contributed by atoms with Gasteiger partial charge in [0, 0.05) is 11.7 Å². The van der Waals surface area contributed by atoms with E-state index in [0.717, 1.165) is 19.4 Å². The molecule has 0 saturated carbocycles. The number of halogens is 2. The molecule has 1 heterocycles. The molecule has 2 rings (SSSR count). The summed E-state index contributed by atoms with van der Waals surface area (Å²) in [5.41, 5.74) is 0.575. The van der Waals surface area contributed by atoms with Crippen molar-refractivity contribution in [2.24, 2.45) is 0 Å². The van der Waals surface area contributed by atoms with Crippen LogP contribution in [0.5, 0.6) is 5.75 Å². The Morgan fingerprint density at radius 2 is 2.10 bits per heavy atom. The van der Waals surface area contributed by atoms with Gasteiger partial charge in [0.2, 0.25) is 5.91 Å². The van der Waals surface area contributed by atoms with Crippen molar-refractivity contribution in [3.8, 4) is 5.75 Å². The van der Waals surface area contributed by atoms with E-state index in [1.807, 2.05) is 0 Å². The highest BCUT2D eigenvalue weighted by molar-refractivity contribution is 5.92. The molecule has 1 aliphatic heterocycles. The fourth-order valence-corrected chi connectivity index (χ4v) is 2.50. The van der Waals surface area contributed by atoms with Gasteiger partial charge >= 0.3 is 6.61 Å². The van der Waals surface area contributed by atoms with E-state index in [-0.39, 0.29) is 11.7 Å². The summed E-state index contributed by atoms with van der Waals surface area (Å²) in [6.07, 6.45) is 3.45. The lowest BCUT2D eigenvalue weighted by molar-refractivity contribution is -0.118. The van der Waals surface area contributed by atoms with Crippen LogP contribution in [0.4, 0.5) is 14.5 Å². The predicted molar refractivity (Wildman–Crippen MR) is 76.6 cm³/mol. The molecule has 1 fully saturated rings. The van der Waals surface area contributed by atoms with Crippen molar-refractivity contribution >= 4 is 11.6 Å². The number of alkyl halides is 2. The summed E-state index contributed by atoms with van der Waals surface area (Å²) in [4.78, 5) is 14.1. The van der Waals surface area contributed by atoms with Crippen molar-refractivity contribution < 1.29 is 18.3 Å². The van der Waals surface area contributed by atoms with Crippen molar-refractivity contribution in [1.29, 1.82) is 0 Å². The van der Waals surface area contributed by atoms with Crippen molar-refractivity contribution in [3.05, 3.63) is 24.3 Å². The zero-order valence-corrected chi connectivity index (χ0v) is 12.0. The summed E-state index contributed by atoms with van der Waals surface area (Å²) in [7, 11) is 0. The van der Waals surface area contributed by atoms with Crippen LogP contribution in [-0.4, -0.2) is 36.5 Å². The van der Waals surface area contributed by atoms with Crippen LogP contribution in [0, 0.1) is 0 Å². The van der Waals surface area contributed by atoms with Crippen molar-refractivity contribution in [2.75, 3.05) is 18.4 Å². The molecule has 1 saturated heterocycles. The van der Waals surface area contributed by atoms with E-state index < -0.39 is 6.61 Å². The summed E-state index contributed by atoms with van der Waals surface area (Å²) >= 11 is 0. The molecule has 0 aromatic heterocycles. The van der Waals surface area contributed by atoms with Crippen LogP contribution >= 0.6 is 0 Å². The standard InChI is InChI=1S/C15H20F2N2O2/c1-11-4-2-3-9-19(11)10-14(20)18-12-5-7-13(8-6-12)21-15(16)17/h5-8,11,15H,2-4,9-10H2,1H3,(H,18,20)/t11-/m1/s1. The lowest BCUT2D eigenvalue weighted by Crippen LogP contribution is -2.42. The molecule has 21 heavy (non-hydrogen) atoms. The van der Waals surface area contributed by atoms with Crippen LogP contribution in [0.3, 0.4) is 0 Å². The number of piperidine rings is 1. The smallest absolute Gasteiger partial charge is 0.387 e. The average molecular weight is 298 g/mol. The van der Waals surface area contributed by atoms with Crippen LogP contribution in [-0.2, 0) is 4.79 Å². The molecule has 6 heteroatoms. The quantitative estimate of drug-likeness (QED) is 0.908. The molecule has 0 bridgehead atoms. The minimum Gasteiger partial charge on any atom is -0.435 e. The molecule has 1 atom stereocenters. The van der Waals surface area contributed by atoms with E-state index in [4.69, 9.17) is 0 Å². The van der Waals surface area contributed by atoms with Crippen LogP contribution in [0.25, 0.3) is 0 Å². The van der Waals surface area contributed by atoms with E-state index in [1.54, 1.807) is 12.1 Å². The van der Waals surface area contributed by atoms with Crippen molar-refractivity contribution in [2.45, 2.75) is 38.8 Å². The summed E-state index contributed by atoms with van der Waals surface area (Å²) in [6.45, 7) is 0.584. The Balaban J connectivity index is 1.84. The predicted octanol–water partition coefficient (Wildman–Crippen LogP) is 3.10. The van der Waals surface area contributed by atoms with Gasteiger partial charge < -0.3 is 10.1 Å². The third-order valence-corrected chi connectivity index (χ3v) is 3.65. The maximum atomic E-state index is 12.0. The molecule has 116 valence electrons. The highest BCUT2D eigenvalue weighted by atomic mass is 19.3. The fourth-order valence-electron chi connectivity index (χ4n) is 2.50. The summed E-state index contributed by atoms with van der Waals surface area (Å²) < 4.78 is 28.3. The van der Waals surface area contributed by atoms with Crippen LogP contribution in [0.1, 0.15) is 26.2 Å². The van der Waals surface area contributed by atoms with Crippen molar-refractivity contribution in [3.63, 3.8) is 0 Å². The summed E-state index contributed by atoms with van der Waals surface area (Å²) in [5.74, 6) is -0.0149. The summed E-state index contributed by atoms with van der Waals surface area (Å²) in [6, 6.07) is 6.34. The molecule has 1 aromatic carbocycles. The van der Waals surface area contributed by atoms with Gasteiger partial charge in [0.1, 0.15) is 5.75 Å². The molecule has 0 unspecified atom stereocenters. The Kier molecular flexibility index (Phi) is 5.50. The molecule has 1 aromatic rings. The molecule has 0 aliphatic carbocycles. The highest BCUT2D eigenvalue weighted by Gasteiger charge is 2.20. The van der Waals surface area contributed by atoms with Gasteiger partial charge in [0.15, 0.2) is 0 Å². The van der Waals surface area contributed by atoms with Crippen LogP contribution in [0.2, 0.25) is 0 Å². The largest absolute Gasteiger partial charge is 0.435 e. The maximum absolute atomic E-state index is 12.0. The molecular formula is C15H20F2N2O2. The van der Waals surface area contributed by atoms with E-state index in [2.05, 4.69) is 21.9 Å². The Hall–Kier alpha value is -1.69. The number of carbonyl (C=O) groups excluding carboxylic acids is 1. The van der Waals surface area contributed by atoms with Crippen molar-refractivity contribution in [1.82, 2.24) is 4.90 Å². The monoisotopic (exact) mass is 298 g/mol. The second kappa shape index (κ2) is 7.36. The van der Waals surface area contributed by atoms with E-state index in [1.165, 1.54) is 18.6 Å². The maximum Gasteiger partial charge on any atom is 0.387 e. The average Bonchev–Trinajstić information content (AvgIpc) is 2.43. The first kappa shape index (κ1) is 15.7. The number of ether oxygens (including phenoxy) is 1. The van der Waals surface area contributed by atoms with Gasteiger partial charge in [-0.15, -0.1) is 0 Å². The number of benzene rings is 1. The van der Waals surface area contributed by atoms with Gasteiger partial charge in [0.05, 0.1) is 6.54 Å². The normalized spacial score (nSPS) is 19.5. The molecule has 1 N–H and O–H groups in total. The van der Waals surface area contributed by atoms with Gasteiger partial charge in [-0.1, -0.05) is 6.42 Å².